The van der Waals surface area contributed by atoms with Crippen molar-refractivity contribution in [2.75, 3.05) is 0 Å². The van der Waals surface area contributed by atoms with E-state index in [9.17, 15) is 0 Å². The average molecular weight is 792 g/mol. The highest BCUT2D eigenvalue weighted by molar-refractivity contribution is 6.16. The van der Waals surface area contributed by atoms with E-state index < -0.39 is 60.4 Å². The Morgan fingerprint density at radius 2 is 0.787 bits per heavy atom. The van der Waals surface area contributed by atoms with Crippen molar-refractivity contribution in [3.63, 3.8) is 0 Å². The molecular formula is C54H35N7. The summed E-state index contributed by atoms with van der Waals surface area (Å²) in [5.74, 6) is 0.190. The molecule has 0 atom stereocenters. The van der Waals surface area contributed by atoms with Crippen LogP contribution in [-0.2, 0) is 0 Å². The monoisotopic (exact) mass is 791 g/mol. The molecule has 11 aromatic rings. The quantitative estimate of drug-likeness (QED) is 0.152. The summed E-state index contributed by atoms with van der Waals surface area (Å²) in [4.78, 5) is 29.3. The lowest BCUT2D eigenvalue weighted by Gasteiger charge is -2.16. The standard InChI is InChI=1S/C54H35N7/c1-6-19-36(20-7-1)42-30-18-32-47-48(42)43-29-16-17-31-45(43)61(47)46-34-33-41(53-57-49(37-21-8-2-9-22-37)55-50(58-53)38-23-10-3-11-24-38)35-44(46)54-59-51(39-25-12-4-13-26-39)56-52(60-54)40-27-14-5-15-28-40/h1-35H/i2D,4D,8D,9D,12D,13D,21D,22D,25D,26D. The SMILES string of the molecule is [2H]c1c([2H])c([2H])c(-c2nc(-c3ccccc3)nc(-c3ccc(-n4c5ccccc5c5c(-c6ccccc6)cccc54)c(-c4nc(-c5ccccc5)nc(-c5c([2H])c([2H])c([2H])c([2H])c5[2H])n4)c3)n2)c([2H])c1[2H]. The van der Waals surface area contributed by atoms with Crippen LogP contribution in [0.5, 0.6) is 0 Å². The van der Waals surface area contributed by atoms with Crippen molar-refractivity contribution in [2.24, 2.45) is 0 Å². The predicted octanol–water partition coefficient (Wildman–Crippen LogP) is 12.8. The van der Waals surface area contributed by atoms with Gasteiger partial charge in [-0.15, -0.1) is 0 Å². The molecule has 7 heteroatoms. The number of fused-ring (bicyclic) bond motifs is 3. The Balaban J connectivity index is 1.25. The van der Waals surface area contributed by atoms with E-state index in [0.29, 0.717) is 27.9 Å². The van der Waals surface area contributed by atoms with Crippen LogP contribution in [0, 0.1) is 0 Å². The van der Waals surface area contributed by atoms with Gasteiger partial charge in [0.15, 0.2) is 34.9 Å². The van der Waals surface area contributed by atoms with Crippen LogP contribution in [0.3, 0.4) is 0 Å². The Bertz CT molecular complexity index is 3890. The van der Waals surface area contributed by atoms with E-state index in [1.807, 2.05) is 97.1 Å². The molecule has 0 saturated carbocycles. The summed E-state index contributed by atoms with van der Waals surface area (Å²) in [6.45, 7) is 0. The fraction of sp³-hybridized carbons (Fsp3) is 0. The minimum Gasteiger partial charge on any atom is -0.308 e. The van der Waals surface area contributed by atoms with Crippen LogP contribution < -0.4 is 0 Å². The first-order valence-corrected chi connectivity index (χ1v) is 19.4. The van der Waals surface area contributed by atoms with Gasteiger partial charge in [-0.1, -0.05) is 182 Å². The number of rotatable bonds is 8. The molecule has 0 amide bonds. The van der Waals surface area contributed by atoms with Crippen LogP contribution in [0.15, 0.2) is 212 Å². The van der Waals surface area contributed by atoms with Crippen LogP contribution in [0.2, 0.25) is 0 Å². The number of aromatic nitrogens is 7. The fourth-order valence-electron chi connectivity index (χ4n) is 7.57. The normalized spacial score (nSPS) is 13.6. The smallest absolute Gasteiger partial charge is 0.166 e. The highest BCUT2D eigenvalue weighted by Gasteiger charge is 2.23. The maximum atomic E-state index is 8.99. The molecule has 7 nitrogen and oxygen atoms in total. The summed E-state index contributed by atoms with van der Waals surface area (Å²) in [5.41, 5.74) is 5.82. The second kappa shape index (κ2) is 15.4. The van der Waals surface area contributed by atoms with E-state index in [2.05, 4.69) is 28.8 Å². The second-order valence-electron chi connectivity index (χ2n) is 14.0. The maximum absolute atomic E-state index is 8.99. The third kappa shape index (κ3) is 6.70. The van der Waals surface area contributed by atoms with Gasteiger partial charge in [-0.25, -0.2) is 29.9 Å². The molecule has 3 heterocycles. The average Bonchev–Trinajstić information content (AvgIpc) is 3.75. The van der Waals surface area contributed by atoms with Gasteiger partial charge < -0.3 is 4.57 Å². The minimum absolute atomic E-state index is 0.0749. The van der Waals surface area contributed by atoms with E-state index in [1.165, 1.54) is 0 Å². The van der Waals surface area contributed by atoms with Gasteiger partial charge in [0.25, 0.3) is 0 Å². The molecule has 0 fully saturated rings. The van der Waals surface area contributed by atoms with Crippen molar-refractivity contribution in [1.82, 2.24) is 34.5 Å². The van der Waals surface area contributed by atoms with Crippen molar-refractivity contribution in [3.05, 3.63) is 212 Å². The molecule has 0 bridgehead atoms. The van der Waals surface area contributed by atoms with E-state index in [-0.39, 0.29) is 46.1 Å². The van der Waals surface area contributed by atoms with Gasteiger partial charge in [0.05, 0.1) is 30.4 Å². The fourth-order valence-corrected chi connectivity index (χ4v) is 7.57. The molecule has 0 aliphatic heterocycles. The van der Waals surface area contributed by atoms with Crippen molar-refractivity contribution < 1.29 is 13.7 Å². The maximum Gasteiger partial charge on any atom is 0.166 e. The Morgan fingerprint density at radius 1 is 0.328 bits per heavy atom. The molecule has 286 valence electrons. The zero-order valence-corrected chi connectivity index (χ0v) is 32.1. The summed E-state index contributed by atoms with van der Waals surface area (Å²) >= 11 is 0. The molecule has 3 aromatic heterocycles. The summed E-state index contributed by atoms with van der Waals surface area (Å²) < 4.78 is 88.5. The highest BCUT2D eigenvalue weighted by atomic mass is 15.1. The van der Waals surface area contributed by atoms with Crippen LogP contribution >= 0.6 is 0 Å². The molecule has 11 rings (SSSR count). The third-order valence-corrected chi connectivity index (χ3v) is 10.3. The van der Waals surface area contributed by atoms with Crippen molar-refractivity contribution in [3.8, 4) is 85.1 Å². The third-order valence-electron chi connectivity index (χ3n) is 10.3. The van der Waals surface area contributed by atoms with Crippen LogP contribution in [0.1, 0.15) is 13.7 Å². The van der Waals surface area contributed by atoms with Gasteiger partial charge in [0, 0.05) is 44.2 Å². The van der Waals surface area contributed by atoms with Crippen LogP contribution in [0.25, 0.3) is 107 Å². The van der Waals surface area contributed by atoms with Crippen molar-refractivity contribution >= 4 is 21.8 Å². The molecule has 0 aliphatic carbocycles. The minimum atomic E-state index is -0.562. The Morgan fingerprint density at radius 3 is 1.36 bits per heavy atom. The molecule has 0 spiro atoms. The first kappa shape index (κ1) is 26.6. The number of benzene rings is 8. The lowest BCUT2D eigenvalue weighted by molar-refractivity contribution is 1.06. The Kier molecular flexibility index (Phi) is 6.70. The molecule has 0 radical (unpaired) electrons. The largest absolute Gasteiger partial charge is 0.308 e. The summed E-state index contributed by atoms with van der Waals surface area (Å²) in [6, 6.07) is 42.6. The van der Waals surface area contributed by atoms with Gasteiger partial charge in [0.2, 0.25) is 0 Å². The molecule has 0 unspecified atom stereocenters. The van der Waals surface area contributed by atoms with Gasteiger partial charge in [-0.2, -0.15) is 0 Å². The van der Waals surface area contributed by atoms with Gasteiger partial charge in [-0.05, 0) is 41.5 Å². The highest BCUT2D eigenvalue weighted by Crippen LogP contribution is 2.41. The molecular weight excluding hydrogens is 747 g/mol. The molecule has 8 aromatic carbocycles. The number of hydrogen-bond acceptors (Lipinski definition) is 6. The van der Waals surface area contributed by atoms with Gasteiger partial charge >= 0.3 is 0 Å². The van der Waals surface area contributed by atoms with Gasteiger partial charge in [-0.3, -0.25) is 0 Å². The summed E-state index contributed by atoms with van der Waals surface area (Å²) in [5, 5.41) is 1.95. The van der Waals surface area contributed by atoms with E-state index in [4.69, 9.17) is 43.6 Å². The molecule has 61 heavy (non-hydrogen) atoms. The second-order valence-corrected chi connectivity index (χ2v) is 14.0. The first-order valence-electron chi connectivity index (χ1n) is 24.4. The summed E-state index contributed by atoms with van der Waals surface area (Å²) in [7, 11) is 0. The van der Waals surface area contributed by atoms with Crippen molar-refractivity contribution in [2.45, 2.75) is 0 Å². The Hall–Kier alpha value is -8.42. The lowest BCUT2D eigenvalue weighted by atomic mass is 9.99. The molecule has 0 N–H and O–H groups in total. The van der Waals surface area contributed by atoms with E-state index >= 15 is 0 Å². The van der Waals surface area contributed by atoms with Crippen molar-refractivity contribution in [1.29, 1.82) is 0 Å². The van der Waals surface area contributed by atoms with Gasteiger partial charge in [0.1, 0.15) is 0 Å². The number of nitrogens with zero attached hydrogens (tertiary/aromatic N) is 7. The Labute approximate surface area is 366 Å². The molecule has 0 aliphatic rings. The van der Waals surface area contributed by atoms with Crippen LogP contribution in [0.4, 0.5) is 0 Å². The number of para-hydroxylation sites is 1. The zero-order chi connectivity index (χ0) is 49.2. The van der Waals surface area contributed by atoms with E-state index in [1.54, 1.807) is 30.3 Å². The zero-order valence-electron chi connectivity index (χ0n) is 42.1. The summed E-state index contributed by atoms with van der Waals surface area (Å²) in [6.07, 6.45) is 0. The lowest BCUT2D eigenvalue weighted by Crippen LogP contribution is -2.05. The topological polar surface area (TPSA) is 82.3 Å². The number of hydrogen-bond donors (Lipinski definition) is 0. The predicted molar refractivity (Wildman–Crippen MR) is 246 cm³/mol. The first-order chi connectivity index (χ1) is 34.4. The van der Waals surface area contributed by atoms with Crippen LogP contribution in [-0.4, -0.2) is 34.5 Å². The molecule has 0 saturated heterocycles. The van der Waals surface area contributed by atoms with E-state index in [0.717, 1.165) is 32.9 Å².